The van der Waals surface area contributed by atoms with Crippen LogP contribution in [0.1, 0.15) is 11.1 Å². The highest BCUT2D eigenvalue weighted by Gasteiger charge is 2.19. The van der Waals surface area contributed by atoms with E-state index in [9.17, 15) is 0 Å². The van der Waals surface area contributed by atoms with E-state index in [2.05, 4.69) is 65.7 Å². The van der Waals surface area contributed by atoms with Gasteiger partial charge in [-0.25, -0.2) is 4.99 Å². The lowest BCUT2D eigenvalue weighted by Gasteiger charge is -2.08. The molecule has 2 heterocycles. The molecule has 5 heteroatoms. The molecule has 0 saturated carbocycles. The first kappa shape index (κ1) is 26.9. The Kier molecular flexibility index (Phi) is 6.05. The Morgan fingerprint density at radius 3 is 2.06 bits per heavy atom. The van der Waals surface area contributed by atoms with E-state index in [1.54, 1.807) is 0 Å². The monoisotopic (exact) mass is 605 g/mol. The van der Waals surface area contributed by atoms with Crippen LogP contribution in [-0.4, -0.2) is 11.7 Å². The zero-order chi connectivity index (χ0) is 31.5. The average molecular weight is 606 g/mol. The van der Waals surface area contributed by atoms with Crippen molar-refractivity contribution in [2.24, 2.45) is 10.7 Å². The van der Waals surface area contributed by atoms with E-state index in [0.29, 0.717) is 11.1 Å². The van der Waals surface area contributed by atoms with Gasteiger partial charge in [-0.1, -0.05) is 115 Å². The van der Waals surface area contributed by atoms with Crippen LogP contribution in [0.4, 0.5) is 0 Å². The molecule has 0 saturated heterocycles. The van der Waals surface area contributed by atoms with Crippen molar-refractivity contribution in [2.75, 3.05) is 0 Å². The number of nitrogens with zero attached hydrogens (tertiary/aromatic N) is 1. The lowest BCUT2D eigenvalue weighted by Crippen LogP contribution is -2.16. The van der Waals surface area contributed by atoms with Crippen LogP contribution in [0.5, 0.6) is 0 Å². The third kappa shape index (κ3) is 4.40. The second-order valence-electron chi connectivity index (χ2n) is 11.7. The highest BCUT2D eigenvalue weighted by Crippen LogP contribution is 2.42. The smallest absolute Gasteiger partial charge is 0.154 e. The SMILES string of the molecule is N=C(N=C(N)c1cccc2oc3cc(-c4cc5ccccc5c5oc6ccccc6c45)ccc3c12)c1ccc(-c2ccccc2)cc1. The van der Waals surface area contributed by atoms with E-state index in [1.807, 2.05) is 84.9 Å². The highest BCUT2D eigenvalue weighted by atomic mass is 16.3. The fourth-order valence-corrected chi connectivity index (χ4v) is 6.69. The molecule has 222 valence electrons. The molecular formula is C42H27N3O2. The van der Waals surface area contributed by atoms with E-state index < -0.39 is 0 Å². The molecule has 0 aliphatic rings. The maximum Gasteiger partial charge on any atom is 0.154 e. The molecule has 0 amide bonds. The number of aliphatic imine (C=N–C) groups is 1. The Morgan fingerprint density at radius 1 is 0.532 bits per heavy atom. The molecule has 3 N–H and O–H groups in total. The molecule has 9 rings (SSSR count). The van der Waals surface area contributed by atoms with Crippen LogP contribution in [0.3, 0.4) is 0 Å². The minimum absolute atomic E-state index is 0.0989. The van der Waals surface area contributed by atoms with Gasteiger partial charge in [0.15, 0.2) is 5.84 Å². The van der Waals surface area contributed by atoms with Crippen molar-refractivity contribution in [3.63, 3.8) is 0 Å². The maximum absolute atomic E-state index is 8.71. The van der Waals surface area contributed by atoms with Gasteiger partial charge in [0.1, 0.15) is 28.2 Å². The number of rotatable bonds is 4. The van der Waals surface area contributed by atoms with E-state index in [-0.39, 0.29) is 11.7 Å². The third-order valence-electron chi connectivity index (χ3n) is 8.95. The molecule has 0 radical (unpaired) electrons. The predicted molar refractivity (Wildman–Crippen MR) is 193 cm³/mol. The Hall–Kier alpha value is -6.46. The summed E-state index contributed by atoms with van der Waals surface area (Å²) in [4.78, 5) is 4.53. The summed E-state index contributed by atoms with van der Waals surface area (Å²) in [5.41, 5.74) is 15.5. The summed E-state index contributed by atoms with van der Waals surface area (Å²) in [5.74, 6) is 0.363. The summed E-state index contributed by atoms with van der Waals surface area (Å²) >= 11 is 0. The van der Waals surface area contributed by atoms with Crippen LogP contribution < -0.4 is 5.73 Å². The molecule has 0 fully saturated rings. The largest absolute Gasteiger partial charge is 0.456 e. The third-order valence-corrected chi connectivity index (χ3v) is 8.95. The van der Waals surface area contributed by atoms with Crippen molar-refractivity contribution in [1.29, 1.82) is 5.41 Å². The Morgan fingerprint density at radius 2 is 1.21 bits per heavy atom. The fraction of sp³-hybridized carbons (Fsp3) is 0. The van der Waals surface area contributed by atoms with Gasteiger partial charge >= 0.3 is 0 Å². The molecule has 2 aromatic heterocycles. The van der Waals surface area contributed by atoms with Crippen LogP contribution in [0.2, 0.25) is 0 Å². The van der Waals surface area contributed by atoms with Crippen molar-refractivity contribution in [1.82, 2.24) is 0 Å². The van der Waals surface area contributed by atoms with Gasteiger partial charge in [-0.3, -0.25) is 5.41 Å². The van der Waals surface area contributed by atoms with Crippen molar-refractivity contribution >= 4 is 66.3 Å². The van der Waals surface area contributed by atoms with Gasteiger partial charge in [0, 0.05) is 38.1 Å². The number of fused-ring (bicyclic) bond motifs is 8. The first-order chi connectivity index (χ1) is 23.1. The predicted octanol–water partition coefficient (Wildman–Crippen LogP) is 10.7. The number of hydrogen-bond acceptors (Lipinski definition) is 3. The fourth-order valence-electron chi connectivity index (χ4n) is 6.69. The Balaban J connectivity index is 1.13. The summed E-state index contributed by atoms with van der Waals surface area (Å²) in [6.07, 6.45) is 0. The van der Waals surface area contributed by atoms with Gasteiger partial charge in [0.25, 0.3) is 0 Å². The Labute approximate surface area is 269 Å². The second kappa shape index (κ2) is 10.6. The second-order valence-corrected chi connectivity index (χ2v) is 11.7. The number of hydrogen-bond donors (Lipinski definition) is 2. The first-order valence-corrected chi connectivity index (χ1v) is 15.5. The van der Waals surface area contributed by atoms with E-state index >= 15 is 0 Å². The van der Waals surface area contributed by atoms with Gasteiger partial charge in [0.05, 0.1) is 0 Å². The van der Waals surface area contributed by atoms with Crippen LogP contribution in [0.25, 0.3) is 76.9 Å². The van der Waals surface area contributed by atoms with Crippen molar-refractivity contribution in [2.45, 2.75) is 0 Å². The molecule has 0 unspecified atom stereocenters. The van der Waals surface area contributed by atoms with Crippen molar-refractivity contribution in [3.8, 4) is 22.3 Å². The number of nitrogens with two attached hydrogens (primary N) is 1. The highest BCUT2D eigenvalue weighted by molar-refractivity contribution is 6.23. The molecule has 7 aromatic carbocycles. The van der Waals surface area contributed by atoms with Gasteiger partial charge < -0.3 is 14.6 Å². The molecule has 5 nitrogen and oxygen atoms in total. The quantitative estimate of drug-likeness (QED) is 0.154. The van der Waals surface area contributed by atoms with Crippen LogP contribution in [-0.2, 0) is 0 Å². The average Bonchev–Trinajstić information content (AvgIpc) is 3.70. The summed E-state index contributed by atoms with van der Waals surface area (Å²) in [7, 11) is 0. The number of benzene rings is 7. The number of amidine groups is 2. The molecule has 47 heavy (non-hydrogen) atoms. The maximum atomic E-state index is 8.71. The zero-order valence-electron chi connectivity index (χ0n) is 25.2. The molecule has 0 aliphatic heterocycles. The van der Waals surface area contributed by atoms with Gasteiger partial charge in [0.2, 0.25) is 0 Å². The van der Waals surface area contributed by atoms with Gasteiger partial charge in [-0.05, 0) is 58.0 Å². The molecule has 0 spiro atoms. The first-order valence-electron chi connectivity index (χ1n) is 15.5. The Bertz CT molecular complexity index is 2700. The lowest BCUT2D eigenvalue weighted by molar-refractivity contribution is 0.669. The molecular weight excluding hydrogens is 578 g/mol. The molecule has 0 bridgehead atoms. The standard InChI is InChI=1S/C42H27N3O2/c43-41(27-19-17-26(18-20-27)25-9-2-1-3-10-25)45-42(44)33-14-8-16-36-38(33)32-22-21-29(24-37(32)46-36)34-23-28-11-4-5-12-30(28)40-39(34)31-13-6-7-15-35(31)47-40/h1-24H,(H3,43,44,45). The number of furan rings is 2. The topological polar surface area (TPSA) is 88.5 Å². The molecule has 0 atom stereocenters. The summed E-state index contributed by atoms with van der Waals surface area (Å²) in [6.45, 7) is 0. The van der Waals surface area contributed by atoms with Crippen molar-refractivity contribution in [3.05, 3.63) is 157 Å². The van der Waals surface area contributed by atoms with Crippen LogP contribution in [0, 0.1) is 5.41 Å². The van der Waals surface area contributed by atoms with E-state index in [0.717, 1.165) is 76.9 Å². The normalized spacial score (nSPS) is 12.1. The summed E-state index contributed by atoms with van der Waals surface area (Å²) in [6, 6.07) is 48.8. The minimum atomic E-state index is 0.0989. The van der Waals surface area contributed by atoms with Crippen molar-refractivity contribution < 1.29 is 8.83 Å². The minimum Gasteiger partial charge on any atom is -0.456 e. The van der Waals surface area contributed by atoms with Crippen LogP contribution >= 0.6 is 0 Å². The summed E-state index contributed by atoms with van der Waals surface area (Å²) in [5, 5.41) is 14.9. The van der Waals surface area contributed by atoms with E-state index in [4.69, 9.17) is 20.0 Å². The van der Waals surface area contributed by atoms with Crippen LogP contribution in [0.15, 0.2) is 159 Å². The molecule has 0 aliphatic carbocycles. The summed E-state index contributed by atoms with van der Waals surface area (Å²) < 4.78 is 12.9. The lowest BCUT2D eigenvalue weighted by atomic mass is 9.94. The zero-order valence-corrected chi connectivity index (χ0v) is 25.2. The molecule has 9 aromatic rings. The van der Waals surface area contributed by atoms with Gasteiger partial charge in [-0.15, -0.1) is 0 Å². The van der Waals surface area contributed by atoms with Gasteiger partial charge in [-0.2, -0.15) is 0 Å². The number of para-hydroxylation sites is 1. The number of nitrogens with one attached hydrogen (secondary N) is 1. The van der Waals surface area contributed by atoms with E-state index in [1.165, 1.54) is 0 Å².